The molecule has 0 bridgehead atoms. The molecular formula is C14H20N2O4S. The lowest BCUT2D eigenvalue weighted by atomic mass is 9.67. The Hall–Kier alpha value is -1.63. The van der Waals surface area contributed by atoms with Crippen LogP contribution in [0.1, 0.15) is 32.6 Å². The number of nitrogens with zero attached hydrogens (tertiary/aromatic N) is 1. The van der Waals surface area contributed by atoms with Crippen LogP contribution in [0.4, 0.5) is 11.4 Å². The summed E-state index contributed by atoms with van der Waals surface area (Å²) < 4.78 is 23.4. The number of hydrogen-bond acceptors (Lipinski definition) is 5. The first-order valence-corrected chi connectivity index (χ1v) is 8.89. The number of nitrogens with one attached hydrogen (secondary N) is 1. The molecule has 1 aliphatic carbocycles. The molecule has 0 amide bonds. The van der Waals surface area contributed by atoms with E-state index in [9.17, 15) is 18.5 Å². The van der Waals surface area contributed by atoms with Crippen molar-refractivity contribution in [1.29, 1.82) is 0 Å². The van der Waals surface area contributed by atoms with Gasteiger partial charge < -0.3 is 5.32 Å². The van der Waals surface area contributed by atoms with Gasteiger partial charge in [-0.15, -0.1) is 0 Å². The van der Waals surface area contributed by atoms with Gasteiger partial charge in [0.05, 0.1) is 4.92 Å². The van der Waals surface area contributed by atoms with Gasteiger partial charge in [-0.25, -0.2) is 8.42 Å². The molecule has 6 nitrogen and oxygen atoms in total. The molecule has 1 aliphatic rings. The second-order valence-electron chi connectivity index (χ2n) is 5.74. The number of nitro groups is 1. The molecule has 1 saturated carbocycles. The first-order chi connectivity index (χ1) is 9.79. The SMILES string of the molecule is CCC1(CNc2cccc(S(C)(=O)=O)c2[N+](=O)[O-])CCC1. The Labute approximate surface area is 124 Å². The van der Waals surface area contributed by atoms with Gasteiger partial charge in [-0.1, -0.05) is 19.4 Å². The van der Waals surface area contributed by atoms with E-state index in [4.69, 9.17) is 0 Å². The molecule has 21 heavy (non-hydrogen) atoms. The fraction of sp³-hybridized carbons (Fsp3) is 0.571. The molecule has 1 N–H and O–H groups in total. The first-order valence-electron chi connectivity index (χ1n) is 7.00. The highest BCUT2D eigenvalue weighted by molar-refractivity contribution is 7.90. The monoisotopic (exact) mass is 312 g/mol. The molecule has 2 rings (SSSR count). The highest BCUT2D eigenvalue weighted by Gasteiger charge is 2.35. The van der Waals surface area contributed by atoms with Crippen LogP contribution in [0.15, 0.2) is 23.1 Å². The molecule has 0 radical (unpaired) electrons. The third-order valence-electron chi connectivity index (χ3n) is 4.40. The second kappa shape index (κ2) is 5.63. The van der Waals surface area contributed by atoms with Gasteiger partial charge >= 0.3 is 5.69 Å². The summed E-state index contributed by atoms with van der Waals surface area (Å²) in [5.41, 5.74) is 0.114. The predicted molar refractivity (Wildman–Crippen MR) is 81.3 cm³/mol. The minimum absolute atomic E-state index is 0.189. The van der Waals surface area contributed by atoms with Crippen molar-refractivity contribution < 1.29 is 13.3 Å². The molecular weight excluding hydrogens is 292 g/mol. The Kier molecular flexibility index (Phi) is 4.22. The molecule has 0 spiro atoms. The zero-order valence-corrected chi connectivity index (χ0v) is 13.1. The van der Waals surface area contributed by atoms with Crippen LogP contribution < -0.4 is 5.32 Å². The Balaban J connectivity index is 2.33. The maximum absolute atomic E-state index is 11.7. The summed E-state index contributed by atoms with van der Waals surface area (Å²) in [7, 11) is -3.63. The summed E-state index contributed by atoms with van der Waals surface area (Å²) in [6.07, 6.45) is 5.39. The Bertz CT molecular complexity index is 645. The summed E-state index contributed by atoms with van der Waals surface area (Å²) >= 11 is 0. The molecule has 0 unspecified atom stereocenters. The van der Waals surface area contributed by atoms with Crippen LogP contribution >= 0.6 is 0 Å². The summed E-state index contributed by atoms with van der Waals surface area (Å²) in [4.78, 5) is 10.4. The quantitative estimate of drug-likeness (QED) is 0.644. The molecule has 116 valence electrons. The third kappa shape index (κ3) is 3.18. The molecule has 1 aromatic rings. The lowest BCUT2D eigenvalue weighted by Crippen LogP contribution is -2.36. The average Bonchev–Trinajstić information content (AvgIpc) is 2.36. The zero-order chi connectivity index (χ0) is 15.7. The van der Waals surface area contributed by atoms with Gasteiger partial charge in [0.25, 0.3) is 0 Å². The minimum atomic E-state index is -3.63. The molecule has 0 atom stereocenters. The van der Waals surface area contributed by atoms with Gasteiger partial charge in [-0.2, -0.15) is 0 Å². The molecule has 1 aromatic carbocycles. The standard InChI is InChI=1S/C14H20N2O4S/c1-3-14(8-5-9-14)10-15-11-6-4-7-12(21(2,19)20)13(11)16(17)18/h4,6-7,15H,3,5,8-10H2,1-2H3. The molecule has 0 aromatic heterocycles. The normalized spacial score (nSPS) is 17.0. The van der Waals surface area contributed by atoms with Crippen LogP contribution in [0, 0.1) is 15.5 Å². The predicted octanol–water partition coefficient (Wildman–Crippen LogP) is 2.99. The Morgan fingerprint density at radius 3 is 2.48 bits per heavy atom. The number of nitro benzene ring substituents is 1. The maximum atomic E-state index is 11.7. The van der Waals surface area contributed by atoms with Crippen molar-refractivity contribution in [1.82, 2.24) is 0 Å². The molecule has 1 fully saturated rings. The van der Waals surface area contributed by atoms with Crippen LogP contribution in [0.5, 0.6) is 0 Å². The van der Waals surface area contributed by atoms with E-state index in [2.05, 4.69) is 12.2 Å². The minimum Gasteiger partial charge on any atom is -0.379 e. The van der Waals surface area contributed by atoms with Gasteiger partial charge in [0.1, 0.15) is 10.6 Å². The van der Waals surface area contributed by atoms with Crippen molar-refractivity contribution >= 4 is 21.2 Å². The van der Waals surface area contributed by atoms with Crippen molar-refractivity contribution in [3.05, 3.63) is 28.3 Å². The van der Waals surface area contributed by atoms with Crippen molar-refractivity contribution in [2.75, 3.05) is 18.1 Å². The number of anilines is 1. The van der Waals surface area contributed by atoms with Gasteiger partial charge in [-0.3, -0.25) is 10.1 Å². The van der Waals surface area contributed by atoms with Crippen molar-refractivity contribution in [2.24, 2.45) is 5.41 Å². The number of rotatable bonds is 6. The van der Waals surface area contributed by atoms with Crippen LogP contribution in [0.3, 0.4) is 0 Å². The zero-order valence-electron chi connectivity index (χ0n) is 12.3. The molecule has 0 heterocycles. The topological polar surface area (TPSA) is 89.3 Å². The van der Waals surface area contributed by atoms with E-state index in [1.807, 2.05) is 0 Å². The van der Waals surface area contributed by atoms with Gasteiger partial charge in [-0.05, 0) is 36.8 Å². The number of sulfone groups is 1. The van der Waals surface area contributed by atoms with E-state index < -0.39 is 14.8 Å². The third-order valence-corrected chi connectivity index (χ3v) is 5.53. The molecule has 0 saturated heterocycles. The Morgan fingerprint density at radius 2 is 2.05 bits per heavy atom. The highest BCUT2D eigenvalue weighted by atomic mass is 32.2. The fourth-order valence-corrected chi connectivity index (χ4v) is 3.63. The van der Waals surface area contributed by atoms with E-state index in [0.717, 1.165) is 25.5 Å². The number of para-hydroxylation sites is 1. The largest absolute Gasteiger partial charge is 0.379 e. The van der Waals surface area contributed by atoms with Crippen LogP contribution in [-0.4, -0.2) is 26.1 Å². The summed E-state index contributed by atoms with van der Waals surface area (Å²) in [6.45, 7) is 2.75. The summed E-state index contributed by atoms with van der Waals surface area (Å²) in [6, 6.07) is 4.37. The van der Waals surface area contributed by atoms with Gasteiger partial charge in [0.15, 0.2) is 9.84 Å². The maximum Gasteiger partial charge on any atom is 0.310 e. The second-order valence-corrected chi connectivity index (χ2v) is 7.73. The Morgan fingerprint density at radius 1 is 1.38 bits per heavy atom. The summed E-state index contributed by atoms with van der Waals surface area (Å²) in [5, 5.41) is 14.4. The lowest BCUT2D eigenvalue weighted by molar-refractivity contribution is -0.386. The van der Waals surface area contributed by atoms with Gasteiger partial charge in [0, 0.05) is 12.8 Å². The van der Waals surface area contributed by atoms with E-state index in [1.165, 1.54) is 18.6 Å². The van der Waals surface area contributed by atoms with Crippen LogP contribution in [0.25, 0.3) is 0 Å². The van der Waals surface area contributed by atoms with E-state index in [-0.39, 0.29) is 21.7 Å². The van der Waals surface area contributed by atoms with Crippen molar-refractivity contribution in [3.8, 4) is 0 Å². The first kappa shape index (κ1) is 15.8. The summed E-state index contributed by atoms with van der Waals surface area (Å²) in [5.74, 6) is 0. The number of benzene rings is 1. The number of hydrogen-bond donors (Lipinski definition) is 1. The fourth-order valence-electron chi connectivity index (χ4n) is 2.77. The van der Waals surface area contributed by atoms with Crippen LogP contribution in [-0.2, 0) is 9.84 Å². The smallest absolute Gasteiger partial charge is 0.310 e. The lowest BCUT2D eigenvalue weighted by Gasteiger charge is -2.41. The van der Waals surface area contributed by atoms with Crippen molar-refractivity contribution in [2.45, 2.75) is 37.5 Å². The van der Waals surface area contributed by atoms with E-state index in [0.29, 0.717) is 6.54 Å². The van der Waals surface area contributed by atoms with E-state index in [1.54, 1.807) is 6.07 Å². The van der Waals surface area contributed by atoms with E-state index >= 15 is 0 Å². The highest BCUT2D eigenvalue weighted by Crippen LogP contribution is 2.44. The van der Waals surface area contributed by atoms with Gasteiger partial charge in [0.2, 0.25) is 0 Å². The molecule has 0 aliphatic heterocycles. The van der Waals surface area contributed by atoms with Crippen LogP contribution in [0.2, 0.25) is 0 Å². The average molecular weight is 312 g/mol. The van der Waals surface area contributed by atoms with Crippen molar-refractivity contribution in [3.63, 3.8) is 0 Å². The molecule has 7 heteroatoms.